The Bertz CT molecular complexity index is 1170. The van der Waals surface area contributed by atoms with Crippen LogP contribution in [0.25, 0.3) is 10.8 Å². The number of nitrogens with zero attached hydrogens (tertiary/aromatic N) is 1. The first-order chi connectivity index (χ1) is 14.8. The number of anilines is 1. The highest BCUT2D eigenvalue weighted by Gasteiger charge is 2.32. The smallest absolute Gasteiger partial charge is 0.244 e. The number of hydrogen-bond acceptors (Lipinski definition) is 4. The van der Waals surface area contributed by atoms with Gasteiger partial charge in [0.05, 0.1) is 18.5 Å². The van der Waals surface area contributed by atoms with E-state index < -0.39 is 27.8 Å². The van der Waals surface area contributed by atoms with Gasteiger partial charge in [-0.2, -0.15) is 0 Å². The Morgan fingerprint density at radius 1 is 1.06 bits per heavy atom. The van der Waals surface area contributed by atoms with E-state index in [0.717, 1.165) is 27.4 Å². The van der Waals surface area contributed by atoms with Crippen molar-refractivity contribution in [1.82, 2.24) is 5.32 Å². The predicted octanol–water partition coefficient (Wildman–Crippen LogP) is 3.72. The highest BCUT2D eigenvalue weighted by Crippen LogP contribution is 2.25. The topological polar surface area (TPSA) is 75.7 Å². The Kier molecular flexibility index (Phi) is 7.12. The molecule has 3 aromatic rings. The van der Waals surface area contributed by atoms with Crippen molar-refractivity contribution in [1.29, 1.82) is 0 Å². The van der Waals surface area contributed by atoms with Crippen LogP contribution in [-0.4, -0.2) is 39.8 Å². The summed E-state index contributed by atoms with van der Waals surface area (Å²) in [6, 6.07) is 18.0. The molecule has 1 amide bonds. The van der Waals surface area contributed by atoms with Crippen LogP contribution in [0.2, 0.25) is 0 Å². The largest absolute Gasteiger partial charge is 0.492 e. The number of hydrogen-bond donors (Lipinski definition) is 1. The normalized spacial score (nSPS) is 12.4. The number of halogens is 1. The van der Waals surface area contributed by atoms with Gasteiger partial charge >= 0.3 is 0 Å². The van der Waals surface area contributed by atoms with E-state index in [0.29, 0.717) is 5.75 Å². The van der Waals surface area contributed by atoms with Crippen molar-refractivity contribution in [2.24, 2.45) is 0 Å². The minimum Gasteiger partial charge on any atom is -0.492 e. The Balaban J connectivity index is 1.64. The summed E-state index contributed by atoms with van der Waals surface area (Å²) in [5, 5.41) is 4.84. The van der Waals surface area contributed by atoms with Gasteiger partial charge in [-0.1, -0.05) is 49.4 Å². The number of amides is 1. The Morgan fingerprint density at radius 3 is 2.42 bits per heavy atom. The average Bonchev–Trinajstić information content (AvgIpc) is 2.74. The van der Waals surface area contributed by atoms with Gasteiger partial charge in [-0.3, -0.25) is 9.10 Å². The molecule has 0 bridgehead atoms. The van der Waals surface area contributed by atoms with Crippen molar-refractivity contribution in [2.75, 3.05) is 23.7 Å². The van der Waals surface area contributed by atoms with Gasteiger partial charge in [-0.05, 0) is 41.5 Å². The lowest BCUT2D eigenvalue weighted by Crippen LogP contribution is -2.50. The van der Waals surface area contributed by atoms with E-state index in [9.17, 15) is 17.6 Å². The van der Waals surface area contributed by atoms with E-state index in [2.05, 4.69) is 5.32 Å². The number of carbonyl (C=O) groups is 1. The number of ether oxygens (including phenoxy) is 1. The van der Waals surface area contributed by atoms with Gasteiger partial charge in [-0.15, -0.1) is 0 Å². The Labute approximate surface area is 181 Å². The third-order valence-electron chi connectivity index (χ3n) is 4.81. The molecular formula is C23H25FN2O4S. The van der Waals surface area contributed by atoms with Gasteiger partial charge in [-0.25, -0.2) is 12.8 Å². The minimum absolute atomic E-state index is 0.153. The number of rotatable bonds is 9. The fraction of sp³-hybridized carbons (Fsp3) is 0.261. The molecule has 0 radical (unpaired) electrons. The van der Waals surface area contributed by atoms with Crippen LogP contribution in [0, 0.1) is 5.82 Å². The summed E-state index contributed by atoms with van der Waals surface area (Å²) in [4.78, 5) is 12.7. The number of para-hydroxylation sites is 1. The van der Waals surface area contributed by atoms with Crippen molar-refractivity contribution in [3.63, 3.8) is 0 Å². The molecule has 1 atom stereocenters. The van der Waals surface area contributed by atoms with Crippen molar-refractivity contribution >= 4 is 32.4 Å². The predicted molar refractivity (Wildman–Crippen MR) is 120 cm³/mol. The fourth-order valence-corrected chi connectivity index (χ4v) is 4.60. The highest BCUT2D eigenvalue weighted by atomic mass is 32.2. The lowest BCUT2D eigenvalue weighted by atomic mass is 10.1. The summed E-state index contributed by atoms with van der Waals surface area (Å²) >= 11 is 0. The molecule has 3 aromatic carbocycles. The van der Waals surface area contributed by atoms with Crippen molar-refractivity contribution in [2.45, 2.75) is 19.4 Å². The second kappa shape index (κ2) is 9.78. The van der Waals surface area contributed by atoms with Crippen LogP contribution >= 0.6 is 0 Å². The van der Waals surface area contributed by atoms with Crippen LogP contribution in [0.1, 0.15) is 13.3 Å². The number of fused-ring (bicyclic) bond motifs is 1. The molecule has 0 heterocycles. The molecular weight excluding hydrogens is 419 g/mol. The van der Waals surface area contributed by atoms with Gasteiger partial charge in [0.25, 0.3) is 0 Å². The second-order valence-corrected chi connectivity index (χ2v) is 8.94. The summed E-state index contributed by atoms with van der Waals surface area (Å²) < 4.78 is 45.5. The molecule has 0 saturated heterocycles. The minimum atomic E-state index is -3.89. The number of benzene rings is 3. The molecule has 6 nitrogen and oxygen atoms in total. The van der Waals surface area contributed by atoms with Gasteiger partial charge in [0, 0.05) is 0 Å². The average molecular weight is 445 g/mol. The van der Waals surface area contributed by atoms with Gasteiger partial charge in [0.15, 0.2) is 0 Å². The molecule has 164 valence electrons. The quantitative estimate of drug-likeness (QED) is 0.511. The molecule has 0 unspecified atom stereocenters. The van der Waals surface area contributed by atoms with Gasteiger partial charge in [0.2, 0.25) is 15.9 Å². The van der Waals surface area contributed by atoms with E-state index in [4.69, 9.17) is 4.74 Å². The fourth-order valence-electron chi connectivity index (χ4n) is 3.38. The summed E-state index contributed by atoms with van der Waals surface area (Å²) in [6.07, 6.45) is 1.14. The molecule has 0 aromatic heterocycles. The molecule has 0 aliphatic rings. The van der Waals surface area contributed by atoms with E-state index >= 15 is 0 Å². The first kappa shape index (κ1) is 22.6. The zero-order valence-electron chi connectivity index (χ0n) is 17.4. The first-order valence-electron chi connectivity index (χ1n) is 9.94. The number of nitrogens with one attached hydrogen (secondary N) is 1. The molecule has 0 aliphatic carbocycles. The van der Waals surface area contributed by atoms with Crippen molar-refractivity contribution in [3.05, 3.63) is 72.5 Å². The summed E-state index contributed by atoms with van der Waals surface area (Å²) in [5.74, 6) is -0.554. The third-order valence-corrected chi connectivity index (χ3v) is 5.98. The number of sulfonamides is 1. The Morgan fingerprint density at radius 2 is 1.74 bits per heavy atom. The van der Waals surface area contributed by atoms with E-state index in [-0.39, 0.29) is 25.3 Å². The van der Waals surface area contributed by atoms with E-state index in [1.165, 1.54) is 18.2 Å². The monoisotopic (exact) mass is 444 g/mol. The summed E-state index contributed by atoms with van der Waals surface area (Å²) in [6.45, 7) is 2.06. The van der Waals surface area contributed by atoms with Gasteiger partial charge < -0.3 is 10.1 Å². The van der Waals surface area contributed by atoms with Gasteiger partial charge in [0.1, 0.15) is 24.2 Å². The maximum atomic E-state index is 14.3. The van der Waals surface area contributed by atoms with Crippen molar-refractivity contribution in [3.8, 4) is 5.75 Å². The second-order valence-electron chi connectivity index (χ2n) is 7.08. The summed E-state index contributed by atoms with van der Waals surface area (Å²) in [5.41, 5.74) is -0.153. The molecule has 0 saturated carbocycles. The maximum absolute atomic E-state index is 14.3. The SMILES string of the molecule is CC[C@@H](C(=O)NCCOc1ccc2ccccc2c1)N(c1ccccc1F)S(C)(=O)=O. The molecule has 31 heavy (non-hydrogen) atoms. The molecule has 0 spiro atoms. The lowest BCUT2D eigenvalue weighted by molar-refractivity contribution is -0.122. The van der Waals surface area contributed by atoms with Crippen LogP contribution < -0.4 is 14.4 Å². The van der Waals surface area contributed by atoms with Crippen LogP contribution in [-0.2, 0) is 14.8 Å². The Hall–Kier alpha value is -3.13. The summed E-state index contributed by atoms with van der Waals surface area (Å²) in [7, 11) is -3.89. The highest BCUT2D eigenvalue weighted by molar-refractivity contribution is 7.92. The standard InChI is InChI=1S/C23H25FN2O4S/c1-3-21(26(31(2,28)29)22-11-7-6-10-20(22)24)23(27)25-14-15-30-19-13-12-17-8-4-5-9-18(17)16-19/h4-13,16,21H,3,14-15H2,1-2H3,(H,25,27)/t21-/m0/s1. The molecule has 1 N–H and O–H groups in total. The third kappa shape index (κ3) is 5.52. The molecule has 0 fully saturated rings. The van der Waals surface area contributed by atoms with Crippen molar-refractivity contribution < 1.29 is 22.3 Å². The molecule has 3 rings (SSSR count). The van der Waals surface area contributed by atoms with E-state index in [1.807, 2.05) is 42.5 Å². The molecule has 8 heteroatoms. The zero-order chi connectivity index (χ0) is 22.4. The van der Waals surface area contributed by atoms with Crippen LogP contribution in [0.15, 0.2) is 66.7 Å². The lowest BCUT2D eigenvalue weighted by Gasteiger charge is -2.30. The van der Waals surface area contributed by atoms with Crippen LogP contribution in [0.5, 0.6) is 5.75 Å². The van der Waals surface area contributed by atoms with Crippen LogP contribution in [0.4, 0.5) is 10.1 Å². The first-order valence-corrected chi connectivity index (χ1v) is 11.8. The zero-order valence-corrected chi connectivity index (χ0v) is 18.2. The van der Waals surface area contributed by atoms with Crippen LogP contribution in [0.3, 0.4) is 0 Å². The number of carbonyl (C=O) groups excluding carboxylic acids is 1. The van der Waals surface area contributed by atoms with E-state index in [1.54, 1.807) is 6.92 Å². The molecule has 0 aliphatic heterocycles. The maximum Gasteiger partial charge on any atom is 0.244 e.